The van der Waals surface area contributed by atoms with Crippen LogP contribution in [0.2, 0.25) is 0 Å². The van der Waals surface area contributed by atoms with Crippen LogP contribution in [0.4, 0.5) is 0 Å². The molecular weight excluding hydrogens is 610 g/mol. The standard InChI is InChI=1S/C41H57N5O3/c1-9-29(3)34(45-39(47)27-32-16-11-12-20-37(32)49-8)21-22-35(42-6)30-17-15-18-31(26-30)36(43-7)23-24-38(41(4,5)10-2)46-40(48)28-33-19-13-14-25-44-33/h11-14,16,19-25,29-31,38H,6,9-10,15,17-18,26-28H2,1-5,7-8H3,(H,45,47)(H,46,48). The summed E-state index contributed by atoms with van der Waals surface area (Å²) in [7, 11) is 3.47. The number of amides is 2. The summed E-state index contributed by atoms with van der Waals surface area (Å²) in [5.41, 5.74) is 4.28. The normalized spacial score (nSPS) is 18.9. The van der Waals surface area contributed by atoms with Crippen molar-refractivity contribution in [3.63, 3.8) is 0 Å². The third kappa shape index (κ3) is 11.9. The predicted octanol–water partition coefficient (Wildman–Crippen LogP) is 7.86. The Bertz CT molecular complexity index is 1510. The number of aromatic nitrogens is 1. The first-order valence-electron chi connectivity index (χ1n) is 17.7. The maximum Gasteiger partial charge on any atom is 0.228 e. The summed E-state index contributed by atoms with van der Waals surface area (Å²) in [5, 5.41) is 6.41. The van der Waals surface area contributed by atoms with E-state index in [9.17, 15) is 9.59 Å². The number of nitrogens with one attached hydrogen (secondary N) is 2. The number of aliphatic imine (C=N–C) groups is 2. The van der Waals surface area contributed by atoms with Crippen molar-refractivity contribution >= 4 is 24.2 Å². The largest absolute Gasteiger partial charge is 0.496 e. The Balaban J connectivity index is 1.74. The van der Waals surface area contributed by atoms with Crippen LogP contribution in [-0.2, 0) is 22.4 Å². The van der Waals surface area contributed by atoms with Crippen molar-refractivity contribution < 1.29 is 14.3 Å². The molecule has 1 aliphatic carbocycles. The molecule has 0 spiro atoms. The van der Waals surface area contributed by atoms with Gasteiger partial charge in [-0.05, 0) is 86.6 Å². The lowest BCUT2D eigenvalue weighted by molar-refractivity contribution is -0.122. The summed E-state index contributed by atoms with van der Waals surface area (Å²) in [4.78, 5) is 39.6. The number of pyridine rings is 1. The van der Waals surface area contributed by atoms with E-state index in [0.717, 1.165) is 66.9 Å². The molecule has 49 heavy (non-hydrogen) atoms. The Morgan fingerprint density at radius 2 is 1.80 bits per heavy atom. The van der Waals surface area contributed by atoms with Crippen LogP contribution in [0.1, 0.15) is 84.4 Å². The van der Waals surface area contributed by atoms with Crippen molar-refractivity contribution in [1.82, 2.24) is 15.6 Å². The van der Waals surface area contributed by atoms with E-state index in [1.807, 2.05) is 61.7 Å². The highest BCUT2D eigenvalue weighted by Gasteiger charge is 2.30. The second-order valence-electron chi connectivity index (χ2n) is 13.7. The molecule has 0 bridgehead atoms. The molecule has 4 atom stereocenters. The van der Waals surface area contributed by atoms with Gasteiger partial charge in [0, 0.05) is 53.4 Å². The fourth-order valence-corrected chi connectivity index (χ4v) is 6.20. The van der Waals surface area contributed by atoms with Crippen LogP contribution >= 0.6 is 0 Å². The van der Waals surface area contributed by atoms with E-state index in [1.54, 1.807) is 13.3 Å². The predicted molar refractivity (Wildman–Crippen MR) is 202 cm³/mol. The summed E-state index contributed by atoms with van der Waals surface area (Å²) in [6.45, 7) is 14.7. The van der Waals surface area contributed by atoms with Crippen molar-refractivity contribution in [2.24, 2.45) is 33.2 Å². The van der Waals surface area contributed by atoms with E-state index in [0.29, 0.717) is 5.75 Å². The van der Waals surface area contributed by atoms with Gasteiger partial charge in [0.25, 0.3) is 0 Å². The quantitative estimate of drug-likeness (QED) is 0.132. The number of hydrogen-bond acceptors (Lipinski definition) is 6. The minimum Gasteiger partial charge on any atom is -0.496 e. The van der Waals surface area contributed by atoms with Crippen LogP contribution in [0.25, 0.3) is 0 Å². The smallest absolute Gasteiger partial charge is 0.228 e. The molecule has 1 aliphatic rings. The third-order valence-corrected chi connectivity index (χ3v) is 9.95. The SMILES string of the molecule is C=NC(=CC=C(NC(=O)Cc1ccccc1OC)C(C)CC)C1CCCC(C(C=CC(NC(=O)Cc2ccccn2)C(C)(C)CC)=NC)C1. The summed E-state index contributed by atoms with van der Waals surface area (Å²) in [6, 6.07) is 13.1. The van der Waals surface area contributed by atoms with Crippen LogP contribution in [0, 0.1) is 23.2 Å². The molecule has 264 valence electrons. The fraction of sp³-hybridized carbons (Fsp3) is 0.488. The maximum absolute atomic E-state index is 13.1. The number of para-hydroxylation sites is 1. The maximum atomic E-state index is 13.1. The first-order chi connectivity index (χ1) is 23.5. The van der Waals surface area contributed by atoms with E-state index in [4.69, 9.17) is 9.73 Å². The van der Waals surface area contributed by atoms with E-state index in [1.165, 1.54) is 0 Å². The molecule has 0 saturated heterocycles. The minimum absolute atomic E-state index is 0.0461. The average molecular weight is 668 g/mol. The van der Waals surface area contributed by atoms with Crippen LogP contribution in [0.3, 0.4) is 0 Å². The number of nitrogens with zero attached hydrogens (tertiary/aromatic N) is 3. The van der Waals surface area contributed by atoms with Gasteiger partial charge in [-0.2, -0.15) is 0 Å². The minimum atomic E-state index is -0.155. The highest BCUT2D eigenvalue weighted by molar-refractivity contribution is 5.97. The van der Waals surface area contributed by atoms with Gasteiger partial charge in [0.15, 0.2) is 0 Å². The second-order valence-corrected chi connectivity index (χ2v) is 13.7. The number of allylic oxidation sites excluding steroid dienone is 5. The molecule has 1 aromatic carbocycles. The zero-order chi connectivity index (χ0) is 35.8. The highest BCUT2D eigenvalue weighted by Crippen LogP contribution is 2.36. The molecule has 1 aromatic heterocycles. The van der Waals surface area contributed by atoms with Gasteiger partial charge < -0.3 is 15.4 Å². The Kier molecular flexibility index (Phi) is 15.7. The summed E-state index contributed by atoms with van der Waals surface area (Å²) in [6.07, 6.45) is 16.2. The number of rotatable bonds is 17. The fourth-order valence-electron chi connectivity index (χ4n) is 6.20. The van der Waals surface area contributed by atoms with E-state index >= 15 is 0 Å². The van der Waals surface area contributed by atoms with Gasteiger partial charge in [0.05, 0.1) is 26.0 Å². The molecule has 2 aromatic rings. The molecule has 2 amide bonds. The van der Waals surface area contributed by atoms with E-state index in [-0.39, 0.29) is 53.9 Å². The summed E-state index contributed by atoms with van der Waals surface area (Å²) >= 11 is 0. The zero-order valence-corrected chi connectivity index (χ0v) is 30.7. The molecule has 0 radical (unpaired) electrons. The van der Waals surface area contributed by atoms with Gasteiger partial charge in [0.1, 0.15) is 5.75 Å². The topological polar surface area (TPSA) is 105 Å². The molecule has 1 fully saturated rings. The van der Waals surface area contributed by atoms with E-state index in [2.05, 4.69) is 74.1 Å². The lowest BCUT2D eigenvalue weighted by Gasteiger charge is -2.33. The Hall–Kier alpha value is -4.33. The van der Waals surface area contributed by atoms with Crippen molar-refractivity contribution in [2.45, 2.75) is 92.0 Å². The number of methoxy groups -OCH3 is 1. The number of carbonyl (C=O) groups is 2. The lowest BCUT2D eigenvalue weighted by Crippen LogP contribution is -2.44. The Labute approximate surface area is 294 Å². The molecular formula is C41H57N5O3. The number of benzene rings is 1. The van der Waals surface area contributed by atoms with Gasteiger partial charge in [-0.1, -0.05) is 71.4 Å². The molecule has 1 heterocycles. The van der Waals surface area contributed by atoms with Gasteiger partial charge in [-0.15, -0.1) is 0 Å². The molecule has 8 heteroatoms. The van der Waals surface area contributed by atoms with Gasteiger partial charge in [-0.25, -0.2) is 0 Å². The Morgan fingerprint density at radius 1 is 1.06 bits per heavy atom. The Morgan fingerprint density at radius 3 is 2.45 bits per heavy atom. The van der Waals surface area contributed by atoms with Crippen molar-refractivity contribution in [2.75, 3.05) is 14.2 Å². The van der Waals surface area contributed by atoms with Crippen molar-refractivity contribution in [1.29, 1.82) is 0 Å². The van der Waals surface area contributed by atoms with E-state index < -0.39 is 0 Å². The van der Waals surface area contributed by atoms with Crippen LogP contribution in [0.15, 0.2) is 94.3 Å². The van der Waals surface area contributed by atoms with Crippen molar-refractivity contribution in [3.05, 3.63) is 95.6 Å². The first-order valence-corrected chi connectivity index (χ1v) is 17.7. The van der Waals surface area contributed by atoms with Gasteiger partial charge >= 0.3 is 0 Å². The third-order valence-electron chi connectivity index (χ3n) is 9.95. The molecule has 3 rings (SSSR count). The molecule has 0 aliphatic heterocycles. The zero-order valence-electron chi connectivity index (χ0n) is 30.7. The molecule has 8 nitrogen and oxygen atoms in total. The molecule has 1 saturated carbocycles. The molecule has 2 N–H and O–H groups in total. The summed E-state index contributed by atoms with van der Waals surface area (Å²) < 4.78 is 5.44. The van der Waals surface area contributed by atoms with Gasteiger partial charge in [0.2, 0.25) is 11.8 Å². The van der Waals surface area contributed by atoms with Crippen LogP contribution in [0.5, 0.6) is 5.75 Å². The van der Waals surface area contributed by atoms with Crippen LogP contribution < -0.4 is 15.4 Å². The highest BCUT2D eigenvalue weighted by atomic mass is 16.5. The average Bonchev–Trinajstić information content (AvgIpc) is 3.11. The number of carbonyl (C=O) groups excluding carboxylic acids is 2. The summed E-state index contributed by atoms with van der Waals surface area (Å²) in [5.74, 6) is 1.23. The molecule has 4 unspecified atom stereocenters. The van der Waals surface area contributed by atoms with Crippen molar-refractivity contribution in [3.8, 4) is 5.75 Å². The number of hydrogen-bond donors (Lipinski definition) is 2. The lowest BCUT2D eigenvalue weighted by atomic mass is 9.76. The second kappa shape index (κ2) is 19.6. The first kappa shape index (κ1) is 39.1. The van der Waals surface area contributed by atoms with Gasteiger partial charge in [-0.3, -0.25) is 24.6 Å². The van der Waals surface area contributed by atoms with Crippen LogP contribution in [-0.4, -0.2) is 49.4 Å². The monoisotopic (exact) mass is 667 g/mol. The number of ether oxygens (including phenoxy) is 1.